The SMILES string of the molecule is CC1=C(C(=O)OCC(C)C)[C@@H](c2cccc(NC(=O)c3ccccc3Cl)c2)NC(=S)N1C. The Kier molecular flexibility index (Phi) is 7.53. The molecular formula is C24H26ClN3O3S. The third-order valence-corrected chi connectivity index (χ3v) is 5.84. The number of anilines is 1. The first kappa shape index (κ1) is 23.8. The van der Waals surface area contributed by atoms with E-state index in [4.69, 9.17) is 28.6 Å². The van der Waals surface area contributed by atoms with Crippen LogP contribution in [-0.2, 0) is 9.53 Å². The monoisotopic (exact) mass is 471 g/mol. The first-order valence-corrected chi connectivity index (χ1v) is 11.1. The molecule has 0 aliphatic carbocycles. The fraction of sp³-hybridized carbons (Fsp3) is 0.292. The van der Waals surface area contributed by atoms with Gasteiger partial charge in [0.25, 0.3) is 5.91 Å². The highest BCUT2D eigenvalue weighted by atomic mass is 35.5. The van der Waals surface area contributed by atoms with Crippen LogP contribution < -0.4 is 10.6 Å². The topological polar surface area (TPSA) is 70.7 Å². The molecular weight excluding hydrogens is 446 g/mol. The summed E-state index contributed by atoms with van der Waals surface area (Å²) < 4.78 is 5.52. The average molecular weight is 472 g/mol. The van der Waals surface area contributed by atoms with Gasteiger partial charge in [0.1, 0.15) is 0 Å². The summed E-state index contributed by atoms with van der Waals surface area (Å²) in [6.07, 6.45) is 0. The second-order valence-electron chi connectivity index (χ2n) is 7.99. The molecule has 1 heterocycles. The average Bonchev–Trinajstić information content (AvgIpc) is 2.76. The number of allylic oxidation sites excluding steroid dienone is 1. The zero-order valence-corrected chi connectivity index (χ0v) is 20.0. The summed E-state index contributed by atoms with van der Waals surface area (Å²) in [6.45, 7) is 6.13. The maximum Gasteiger partial charge on any atom is 0.338 e. The Bertz CT molecular complexity index is 1080. The molecule has 168 valence electrons. The molecule has 0 saturated carbocycles. The Morgan fingerprint density at radius 3 is 2.62 bits per heavy atom. The van der Waals surface area contributed by atoms with Crippen molar-refractivity contribution < 1.29 is 14.3 Å². The molecule has 2 aromatic carbocycles. The molecule has 0 aromatic heterocycles. The second kappa shape index (κ2) is 10.1. The number of carbonyl (C=O) groups excluding carboxylic acids is 2. The fourth-order valence-corrected chi connectivity index (χ4v) is 3.79. The van der Waals surface area contributed by atoms with Crippen molar-refractivity contribution in [3.05, 3.63) is 76.0 Å². The number of nitrogens with zero attached hydrogens (tertiary/aromatic N) is 1. The summed E-state index contributed by atoms with van der Waals surface area (Å²) in [5.41, 5.74) is 2.93. The van der Waals surface area contributed by atoms with Crippen LogP contribution in [0.25, 0.3) is 0 Å². The van der Waals surface area contributed by atoms with Crippen molar-refractivity contribution in [2.24, 2.45) is 5.92 Å². The molecule has 1 atom stereocenters. The number of halogens is 1. The van der Waals surface area contributed by atoms with Gasteiger partial charge in [-0.3, -0.25) is 4.79 Å². The van der Waals surface area contributed by atoms with E-state index in [0.717, 1.165) is 11.3 Å². The largest absolute Gasteiger partial charge is 0.462 e. The lowest BCUT2D eigenvalue weighted by atomic mass is 9.94. The van der Waals surface area contributed by atoms with Gasteiger partial charge in [-0.15, -0.1) is 0 Å². The van der Waals surface area contributed by atoms with Crippen LogP contribution in [0.4, 0.5) is 5.69 Å². The van der Waals surface area contributed by atoms with E-state index in [1.165, 1.54) is 0 Å². The number of ether oxygens (including phenoxy) is 1. The highest BCUT2D eigenvalue weighted by Crippen LogP contribution is 2.32. The van der Waals surface area contributed by atoms with Crippen molar-refractivity contribution in [2.75, 3.05) is 19.0 Å². The standard InChI is InChI=1S/C24H26ClN3O3S/c1-14(2)13-31-23(30)20-15(3)28(4)24(32)27-21(20)16-8-7-9-17(12-16)26-22(29)18-10-5-6-11-19(18)25/h5-12,14,21H,13H2,1-4H3,(H,26,29)(H,27,32)/t21-/m1/s1. The Balaban J connectivity index is 1.91. The minimum absolute atomic E-state index is 0.219. The highest BCUT2D eigenvalue weighted by Gasteiger charge is 2.33. The number of carbonyl (C=O) groups is 2. The number of rotatable bonds is 6. The van der Waals surface area contributed by atoms with Crippen LogP contribution in [0.5, 0.6) is 0 Å². The lowest BCUT2D eigenvalue weighted by Gasteiger charge is -2.35. The van der Waals surface area contributed by atoms with Gasteiger partial charge in [-0.2, -0.15) is 0 Å². The van der Waals surface area contributed by atoms with E-state index in [0.29, 0.717) is 33.6 Å². The Morgan fingerprint density at radius 1 is 1.22 bits per heavy atom. The molecule has 32 heavy (non-hydrogen) atoms. The maximum atomic E-state index is 13.0. The molecule has 0 bridgehead atoms. The van der Waals surface area contributed by atoms with Crippen LogP contribution in [0.1, 0.15) is 42.7 Å². The number of hydrogen-bond donors (Lipinski definition) is 2. The first-order chi connectivity index (χ1) is 15.2. The molecule has 0 spiro atoms. The van der Waals surface area contributed by atoms with Crippen LogP contribution in [0.2, 0.25) is 5.02 Å². The van der Waals surface area contributed by atoms with E-state index in [2.05, 4.69) is 10.6 Å². The quantitative estimate of drug-likeness (QED) is 0.460. The van der Waals surface area contributed by atoms with Gasteiger partial charge >= 0.3 is 5.97 Å². The molecule has 2 aromatic rings. The lowest BCUT2D eigenvalue weighted by Crippen LogP contribution is -2.46. The number of nitrogens with one attached hydrogen (secondary N) is 2. The van der Waals surface area contributed by atoms with Gasteiger partial charge in [-0.25, -0.2) is 4.79 Å². The predicted molar refractivity (Wildman–Crippen MR) is 131 cm³/mol. The van der Waals surface area contributed by atoms with E-state index < -0.39 is 12.0 Å². The summed E-state index contributed by atoms with van der Waals surface area (Å²) in [5, 5.41) is 6.96. The number of amides is 1. The number of benzene rings is 2. The summed E-state index contributed by atoms with van der Waals surface area (Å²) >= 11 is 11.6. The van der Waals surface area contributed by atoms with Crippen molar-refractivity contribution in [1.82, 2.24) is 10.2 Å². The number of hydrogen-bond acceptors (Lipinski definition) is 4. The molecule has 6 nitrogen and oxygen atoms in total. The van der Waals surface area contributed by atoms with Crippen molar-refractivity contribution in [3.8, 4) is 0 Å². The van der Waals surface area contributed by atoms with Crippen molar-refractivity contribution in [3.63, 3.8) is 0 Å². The van der Waals surface area contributed by atoms with Crippen LogP contribution in [0.3, 0.4) is 0 Å². The summed E-state index contributed by atoms with van der Waals surface area (Å²) in [5.74, 6) is -0.492. The molecule has 0 saturated heterocycles. The van der Waals surface area contributed by atoms with E-state index in [9.17, 15) is 9.59 Å². The van der Waals surface area contributed by atoms with Gasteiger partial charge < -0.3 is 20.3 Å². The van der Waals surface area contributed by atoms with E-state index in [-0.39, 0.29) is 11.8 Å². The molecule has 0 unspecified atom stereocenters. The van der Waals surface area contributed by atoms with Crippen LogP contribution in [0, 0.1) is 5.92 Å². The third kappa shape index (κ3) is 5.29. The third-order valence-electron chi connectivity index (χ3n) is 5.12. The Morgan fingerprint density at radius 2 is 1.94 bits per heavy atom. The molecule has 2 N–H and O–H groups in total. The normalized spacial score (nSPS) is 16.1. The van der Waals surface area contributed by atoms with Crippen molar-refractivity contribution >= 4 is 46.5 Å². The lowest BCUT2D eigenvalue weighted by molar-refractivity contribution is -0.140. The van der Waals surface area contributed by atoms with Gasteiger partial charge in [0.15, 0.2) is 5.11 Å². The van der Waals surface area contributed by atoms with Gasteiger partial charge in [-0.1, -0.05) is 49.7 Å². The molecule has 1 aliphatic heterocycles. The minimum atomic E-state index is -0.504. The number of thiocarbonyl (C=S) groups is 1. The Hall–Kier alpha value is -2.90. The number of esters is 1. The van der Waals surface area contributed by atoms with Gasteiger partial charge in [0, 0.05) is 18.4 Å². The highest BCUT2D eigenvalue weighted by molar-refractivity contribution is 7.80. The summed E-state index contributed by atoms with van der Waals surface area (Å²) in [6, 6.07) is 13.6. The van der Waals surface area contributed by atoms with E-state index in [1.54, 1.807) is 42.3 Å². The minimum Gasteiger partial charge on any atom is -0.462 e. The second-order valence-corrected chi connectivity index (χ2v) is 8.79. The summed E-state index contributed by atoms with van der Waals surface area (Å²) in [4.78, 5) is 27.4. The molecule has 8 heteroatoms. The molecule has 0 radical (unpaired) electrons. The zero-order valence-electron chi connectivity index (χ0n) is 18.4. The van der Waals surface area contributed by atoms with Crippen LogP contribution in [-0.4, -0.2) is 35.5 Å². The zero-order chi connectivity index (χ0) is 23.4. The summed E-state index contributed by atoms with van der Waals surface area (Å²) in [7, 11) is 1.80. The van der Waals surface area contributed by atoms with Crippen molar-refractivity contribution in [1.29, 1.82) is 0 Å². The smallest absolute Gasteiger partial charge is 0.338 e. The van der Waals surface area contributed by atoms with Gasteiger partial charge in [0.05, 0.1) is 28.8 Å². The first-order valence-electron chi connectivity index (χ1n) is 10.3. The van der Waals surface area contributed by atoms with Crippen LogP contribution in [0.15, 0.2) is 59.8 Å². The Labute approximate surface area is 198 Å². The molecule has 0 fully saturated rings. The van der Waals surface area contributed by atoms with E-state index in [1.807, 2.05) is 39.0 Å². The fourth-order valence-electron chi connectivity index (χ4n) is 3.31. The van der Waals surface area contributed by atoms with E-state index >= 15 is 0 Å². The predicted octanol–water partition coefficient (Wildman–Crippen LogP) is 4.93. The molecule has 1 amide bonds. The maximum absolute atomic E-state index is 13.0. The van der Waals surface area contributed by atoms with Crippen LogP contribution >= 0.6 is 23.8 Å². The van der Waals surface area contributed by atoms with Gasteiger partial charge in [0.2, 0.25) is 0 Å². The van der Waals surface area contributed by atoms with Gasteiger partial charge in [-0.05, 0) is 54.9 Å². The molecule has 1 aliphatic rings. The molecule has 3 rings (SSSR count). The van der Waals surface area contributed by atoms with Crippen molar-refractivity contribution in [2.45, 2.75) is 26.8 Å².